The van der Waals surface area contributed by atoms with Crippen LogP contribution in [-0.4, -0.2) is 20.4 Å². The van der Waals surface area contributed by atoms with E-state index in [1.165, 1.54) is 0 Å². The molecule has 0 unspecified atom stereocenters. The van der Waals surface area contributed by atoms with Gasteiger partial charge in [0.15, 0.2) is 0 Å². The van der Waals surface area contributed by atoms with Crippen molar-refractivity contribution in [3.05, 3.63) is 48.5 Å². The number of carbonyl (C=O) groups is 1. The zero-order chi connectivity index (χ0) is 11.8. The van der Waals surface area contributed by atoms with E-state index >= 15 is 0 Å². The van der Waals surface area contributed by atoms with Gasteiger partial charge in [0.05, 0.1) is 16.7 Å². The van der Waals surface area contributed by atoms with Crippen LogP contribution in [0.5, 0.6) is 0 Å². The van der Waals surface area contributed by atoms with Crippen LogP contribution in [0, 0.1) is 0 Å². The number of primary amides is 1. The Labute approximate surface area is 96.9 Å². The maximum atomic E-state index is 11.0. The van der Waals surface area contributed by atoms with E-state index in [2.05, 4.69) is 9.97 Å². The molecule has 3 aromatic rings. The highest BCUT2D eigenvalue weighted by Gasteiger charge is 2.08. The van der Waals surface area contributed by atoms with Crippen LogP contribution in [0.3, 0.4) is 0 Å². The average Bonchev–Trinajstić information content (AvgIpc) is 2.95. The molecule has 2 aromatic heterocycles. The Morgan fingerprint density at radius 1 is 1.35 bits per heavy atom. The fraction of sp³-hybridized carbons (Fsp3) is 0. The normalized spacial score (nSPS) is 10.8. The van der Waals surface area contributed by atoms with Gasteiger partial charge in [0.1, 0.15) is 12.0 Å². The van der Waals surface area contributed by atoms with Crippen LogP contribution < -0.4 is 5.73 Å². The monoisotopic (exact) mass is 226 g/mol. The van der Waals surface area contributed by atoms with Crippen molar-refractivity contribution in [3.63, 3.8) is 0 Å². The van der Waals surface area contributed by atoms with E-state index in [0.717, 1.165) is 16.7 Å². The summed E-state index contributed by atoms with van der Waals surface area (Å²) in [5.74, 6) is -0.472. The molecule has 0 radical (unpaired) electrons. The number of aromatic amines is 1. The molecule has 0 fully saturated rings. The number of H-pyrrole nitrogens is 1. The molecule has 0 bridgehead atoms. The minimum absolute atomic E-state index is 0.387. The van der Waals surface area contributed by atoms with Crippen molar-refractivity contribution >= 4 is 16.9 Å². The molecule has 0 atom stereocenters. The Morgan fingerprint density at radius 2 is 2.18 bits per heavy atom. The van der Waals surface area contributed by atoms with Crippen molar-refractivity contribution in [3.8, 4) is 5.69 Å². The molecule has 0 aliphatic carbocycles. The van der Waals surface area contributed by atoms with Gasteiger partial charge in [-0.2, -0.15) is 0 Å². The number of hydrogen-bond acceptors (Lipinski definition) is 2. The number of fused-ring (bicyclic) bond motifs is 1. The third kappa shape index (κ3) is 1.48. The second-order valence-corrected chi connectivity index (χ2v) is 3.74. The summed E-state index contributed by atoms with van der Waals surface area (Å²) in [6.45, 7) is 0. The minimum Gasteiger partial charge on any atom is -0.364 e. The Bertz CT molecular complexity index is 695. The van der Waals surface area contributed by atoms with E-state index < -0.39 is 5.91 Å². The number of aromatic nitrogens is 3. The molecule has 17 heavy (non-hydrogen) atoms. The number of para-hydroxylation sites is 2. The van der Waals surface area contributed by atoms with Gasteiger partial charge in [0.25, 0.3) is 5.91 Å². The molecule has 1 amide bonds. The van der Waals surface area contributed by atoms with Gasteiger partial charge < -0.3 is 10.7 Å². The molecule has 0 aliphatic rings. The first-order chi connectivity index (χ1) is 8.25. The Hall–Kier alpha value is -2.56. The van der Waals surface area contributed by atoms with Crippen molar-refractivity contribution < 1.29 is 4.79 Å². The van der Waals surface area contributed by atoms with E-state index in [1.54, 1.807) is 18.6 Å². The number of amides is 1. The zero-order valence-electron chi connectivity index (χ0n) is 8.92. The summed E-state index contributed by atoms with van der Waals surface area (Å²) in [4.78, 5) is 18.1. The molecule has 0 spiro atoms. The van der Waals surface area contributed by atoms with Gasteiger partial charge in [0, 0.05) is 6.20 Å². The quantitative estimate of drug-likeness (QED) is 0.693. The van der Waals surface area contributed by atoms with Crippen LogP contribution in [0.1, 0.15) is 10.5 Å². The standard InChI is InChI=1S/C12H10N4O/c13-12(17)10-5-8(6-14-10)16-7-15-9-3-1-2-4-11(9)16/h1-7,14H,(H2,13,17). The number of imidazole rings is 1. The van der Waals surface area contributed by atoms with Crippen LogP contribution in [0.25, 0.3) is 16.7 Å². The second-order valence-electron chi connectivity index (χ2n) is 3.74. The first kappa shape index (κ1) is 9.65. The summed E-state index contributed by atoms with van der Waals surface area (Å²) < 4.78 is 1.90. The van der Waals surface area contributed by atoms with E-state index in [9.17, 15) is 4.79 Å². The average molecular weight is 226 g/mol. The number of nitrogens with zero attached hydrogens (tertiary/aromatic N) is 2. The summed E-state index contributed by atoms with van der Waals surface area (Å²) in [5.41, 5.74) is 8.33. The first-order valence-corrected chi connectivity index (χ1v) is 5.16. The number of nitrogens with one attached hydrogen (secondary N) is 1. The Morgan fingerprint density at radius 3 is 2.94 bits per heavy atom. The van der Waals surface area contributed by atoms with Crippen LogP contribution in [0.4, 0.5) is 0 Å². The number of rotatable bonds is 2. The maximum Gasteiger partial charge on any atom is 0.265 e. The van der Waals surface area contributed by atoms with Gasteiger partial charge in [-0.3, -0.25) is 9.36 Å². The van der Waals surface area contributed by atoms with Crippen molar-refractivity contribution in [1.82, 2.24) is 14.5 Å². The molecule has 1 aromatic carbocycles. The summed E-state index contributed by atoms with van der Waals surface area (Å²) in [5, 5.41) is 0. The van der Waals surface area contributed by atoms with Crippen molar-refractivity contribution in [1.29, 1.82) is 0 Å². The SMILES string of the molecule is NC(=O)c1cc(-n2cnc3ccccc32)c[nH]1. The highest BCUT2D eigenvalue weighted by atomic mass is 16.1. The van der Waals surface area contributed by atoms with Crippen molar-refractivity contribution in [2.24, 2.45) is 5.73 Å². The van der Waals surface area contributed by atoms with Crippen LogP contribution >= 0.6 is 0 Å². The molecule has 0 aliphatic heterocycles. The molecular formula is C12H10N4O. The lowest BCUT2D eigenvalue weighted by molar-refractivity contribution is 0.0996. The fourth-order valence-corrected chi connectivity index (χ4v) is 1.83. The lowest BCUT2D eigenvalue weighted by Crippen LogP contribution is -2.10. The zero-order valence-corrected chi connectivity index (χ0v) is 8.92. The lowest BCUT2D eigenvalue weighted by atomic mass is 10.3. The fourth-order valence-electron chi connectivity index (χ4n) is 1.83. The smallest absolute Gasteiger partial charge is 0.265 e. The number of benzene rings is 1. The number of nitrogens with two attached hydrogens (primary N) is 1. The van der Waals surface area contributed by atoms with E-state index in [-0.39, 0.29) is 0 Å². The van der Waals surface area contributed by atoms with Gasteiger partial charge in [-0.1, -0.05) is 12.1 Å². The summed E-state index contributed by atoms with van der Waals surface area (Å²) >= 11 is 0. The largest absolute Gasteiger partial charge is 0.364 e. The van der Waals surface area contributed by atoms with E-state index in [4.69, 9.17) is 5.73 Å². The topological polar surface area (TPSA) is 76.7 Å². The summed E-state index contributed by atoms with van der Waals surface area (Å²) in [7, 11) is 0. The van der Waals surface area contributed by atoms with Gasteiger partial charge >= 0.3 is 0 Å². The van der Waals surface area contributed by atoms with Crippen LogP contribution in [-0.2, 0) is 0 Å². The second kappa shape index (κ2) is 3.48. The molecule has 0 saturated carbocycles. The minimum atomic E-state index is -0.472. The summed E-state index contributed by atoms with van der Waals surface area (Å²) in [6.07, 6.45) is 3.45. The molecule has 5 nitrogen and oxygen atoms in total. The Balaban J connectivity index is 2.17. The number of hydrogen-bond donors (Lipinski definition) is 2. The predicted octanol–water partition coefficient (Wildman–Crippen LogP) is 1.45. The molecule has 0 saturated heterocycles. The van der Waals surface area contributed by atoms with Gasteiger partial charge in [0.2, 0.25) is 0 Å². The predicted molar refractivity (Wildman–Crippen MR) is 63.9 cm³/mol. The van der Waals surface area contributed by atoms with Crippen molar-refractivity contribution in [2.75, 3.05) is 0 Å². The molecule has 3 N–H and O–H groups in total. The van der Waals surface area contributed by atoms with Gasteiger partial charge in [-0.05, 0) is 18.2 Å². The van der Waals surface area contributed by atoms with Gasteiger partial charge in [-0.15, -0.1) is 0 Å². The molecule has 5 heteroatoms. The van der Waals surface area contributed by atoms with Gasteiger partial charge in [-0.25, -0.2) is 4.98 Å². The molecule has 84 valence electrons. The summed E-state index contributed by atoms with van der Waals surface area (Å²) in [6, 6.07) is 9.50. The lowest BCUT2D eigenvalue weighted by Gasteiger charge is -1.98. The molecule has 3 rings (SSSR count). The molecular weight excluding hydrogens is 216 g/mol. The Kier molecular flexibility index (Phi) is 1.98. The highest BCUT2D eigenvalue weighted by Crippen LogP contribution is 2.18. The first-order valence-electron chi connectivity index (χ1n) is 5.16. The van der Waals surface area contributed by atoms with Crippen LogP contribution in [0.2, 0.25) is 0 Å². The van der Waals surface area contributed by atoms with Crippen molar-refractivity contribution in [2.45, 2.75) is 0 Å². The van der Waals surface area contributed by atoms with E-state index in [1.807, 2.05) is 28.8 Å². The third-order valence-electron chi connectivity index (χ3n) is 2.66. The third-order valence-corrected chi connectivity index (χ3v) is 2.66. The van der Waals surface area contributed by atoms with Crippen LogP contribution in [0.15, 0.2) is 42.9 Å². The number of carbonyl (C=O) groups excluding carboxylic acids is 1. The van der Waals surface area contributed by atoms with E-state index in [0.29, 0.717) is 5.69 Å². The highest BCUT2D eigenvalue weighted by molar-refractivity contribution is 5.91. The molecule has 2 heterocycles. The maximum absolute atomic E-state index is 11.0.